The number of aromatic nitrogens is 1. The van der Waals surface area contributed by atoms with E-state index in [1.54, 1.807) is 6.08 Å². The molecule has 0 bridgehead atoms. The van der Waals surface area contributed by atoms with E-state index in [-0.39, 0.29) is 11.4 Å². The van der Waals surface area contributed by atoms with Crippen LogP contribution in [-0.2, 0) is 0 Å². The first-order valence-electron chi connectivity index (χ1n) is 4.36. The van der Waals surface area contributed by atoms with Crippen molar-refractivity contribution in [1.82, 2.24) is 4.98 Å². The maximum Gasteiger partial charge on any atom is 0.339 e. The van der Waals surface area contributed by atoms with Crippen LogP contribution in [0, 0.1) is 0 Å². The second-order valence-electron chi connectivity index (χ2n) is 2.89. The zero-order valence-corrected chi connectivity index (χ0v) is 8.74. The predicted molar refractivity (Wildman–Crippen MR) is 60.0 cm³/mol. The predicted octanol–water partition coefficient (Wildman–Crippen LogP) is 2.00. The summed E-state index contributed by atoms with van der Waals surface area (Å²) in [4.78, 5) is 14.5. The Bertz CT molecular complexity index is 391. The van der Waals surface area contributed by atoms with Crippen molar-refractivity contribution in [1.29, 1.82) is 0 Å². The number of pyridine rings is 1. The van der Waals surface area contributed by atoms with Crippen molar-refractivity contribution in [3.05, 3.63) is 29.5 Å². The molecule has 0 aliphatic rings. The molecule has 4 nitrogen and oxygen atoms in total. The topological polar surface area (TPSA) is 76.2 Å². The number of halogens is 1. The van der Waals surface area contributed by atoms with Gasteiger partial charge in [0.15, 0.2) is 0 Å². The van der Waals surface area contributed by atoms with Gasteiger partial charge in [-0.25, -0.2) is 9.78 Å². The summed E-state index contributed by atoms with van der Waals surface area (Å²) in [5.74, 6) is -0.519. The Labute approximate surface area is 92.4 Å². The summed E-state index contributed by atoms with van der Waals surface area (Å²) in [6.45, 7) is 0. The normalized spacial score (nSPS) is 10.7. The van der Waals surface area contributed by atoms with Crippen molar-refractivity contribution < 1.29 is 9.90 Å². The van der Waals surface area contributed by atoms with Gasteiger partial charge in [-0.05, 0) is 18.1 Å². The fraction of sp³-hybridized carbons (Fsp3) is 0.200. The molecule has 5 heteroatoms. The van der Waals surface area contributed by atoms with Crippen molar-refractivity contribution in [2.75, 3.05) is 11.6 Å². The summed E-state index contributed by atoms with van der Waals surface area (Å²) < 4.78 is 0. The third kappa shape index (κ3) is 3.25. The molecule has 1 aromatic rings. The number of anilines is 1. The molecule has 80 valence electrons. The number of nitrogen functional groups attached to an aromatic ring is 1. The number of rotatable bonds is 4. The minimum absolute atomic E-state index is 0.0167. The van der Waals surface area contributed by atoms with E-state index in [0.717, 1.165) is 6.42 Å². The fourth-order valence-electron chi connectivity index (χ4n) is 1.04. The van der Waals surface area contributed by atoms with Crippen molar-refractivity contribution in [3.63, 3.8) is 0 Å². The Kier molecular flexibility index (Phi) is 4.12. The highest BCUT2D eigenvalue weighted by molar-refractivity contribution is 6.17. The average molecular weight is 227 g/mol. The van der Waals surface area contributed by atoms with Crippen molar-refractivity contribution in [2.24, 2.45) is 0 Å². The molecule has 1 rings (SSSR count). The van der Waals surface area contributed by atoms with Crippen molar-refractivity contribution in [2.45, 2.75) is 6.42 Å². The van der Waals surface area contributed by atoms with Gasteiger partial charge < -0.3 is 10.8 Å². The van der Waals surface area contributed by atoms with Gasteiger partial charge in [0.1, 0.15) is 11.4 Å². The first-order valence-corrected chi connectivity index (χ1v) is 4.90. The highest BCUT2D eigenvalue weighted by atomic mass is 35.5. The number of allylic oxidation sites excluding steroid dienone is 1. The number of nitrogens with two attached hydrogens (primary N) is 1. The number of nitrogens with zero attached hydrogens (tertiary/aromatic N) is 1. The van der Waals surface area contributed by atoms with E-state index in [9.17, 15) is 4.79 Å². The molecule has 0 aromatic carbocycles. The van der Waals surface area contributed by atoms with Crippen LogP contribution in [0.2, 0.25) is 0 Å². The third-order valence-electron chi connectivity index (χ3n) is 1.76. The Morgan fingerprint density at radius 2 is 2.40 bits per heavy atom. The number of hydrogen-bond acceptors (Lipinski definition) is 3. The standard InChI is InChI=1S/C10H11ClN2O2/c11-4-2-1-3-7-5-8(10(14)15)9(12)13-6-7/h1,3,5-6H,2,4H2,(H2,12,13)(H,14,15). The van der Waals surface area contributed by atoms with E-state index in [1.165, 1.54) is 12.3 Å². The summed E-state index contributed by atoms with van der Waals surface area (Å²) in [5.41, 5.74) is 6.13. The maximum atomic E-state index is 10.7. The van der Waals surface area contributed by atoms with Gasteiger partial charge in [0.25, 0.3) is 0 Å². The Hall–Kier alpha value is -1.55. The monoisotopic (exact) mass is 226 g/mol. The molecule has 15 heavy (non-hydrogen) atoms. The molecular formula is C10H11ClN2O2. The summed E-state index contributed by atoms with van der Waals surface area (Å²) >= 11 is 5.49. The lowest BCUT2D eigenvalue weighted by Gasteiger charge is -2.00. The molecule has 0 radical (unpaired) electrons. The second-order valence-corrected chi connectivity index (χ2v) is 3.26. The molecule has 0 atom stereocenters. The second kappa shape index (κ2) is 5.36. The molecule has 0 spiro atoms. The van der Waals surface area contributed by atoms with Crippen LogP contribution in [0.15, 0.2) is 18.3 Å². The van der Waals surface area contributed by atoms with Gasteiger partial charge in [-0.15, -0.1) is 11.6 Å². The lowest BCUT2D eigenvalue weighted by Crippen LogP contribution is -2.04. The number of alkyl halides is 1. The lowest BCUT2D eigenvalue weighted by molar-refractivity contribution is 0.0697. The van der Waals surface area contributed by atoms with Crippen LogP contribution >= 0.6 is 11.6 Å². The Morgan fingerprint density at radius 1 is 1.67 bits per heavy atom. The average Bonchev–Trinajstić information content (AvgIpc) is 2.20. The summed E-state index contributed by atoms with van der Waals surface area (Å²) in [6.07, 6.45) is 5.87. The molecule has 0 unspecified atom stereocenters. The van der Waals surface area contributed by atoms with Crippen LogP contribution < -0.4 is 5.73 Å². The highest BCUT2D eigenvalue weighted by Crippen LogP contribution is 2.12. The van der Waals surface area contributed by atoms with Gasteiger partial charge in [-0.2, -0.15) is 0 Å². The molecular weight excluding hydrogens is 216 g/mol. The van der Waals surface area contributed by atoms with Gasteiger partial charge in [0.2, 0.25) is 0 Å². The van der Waals surface area contributed by atoms with Gasteiger partial charge in [0, 0.05) is 12.1 Å². The van der Waals surface area contributed by atoms with Gasteiger partial charge in [0.05, 0.1) is 0 Å². The zero-order chi connectivity index (χ0) is 11.3. The molecule has 0 fully saturated rings. The van der Waals surface area contributed by atoms with E-state index in [0.29, 0.717) is 11.4 Å². The highest BCUT2D eigenvalue weighted by Gasteiger charge is 2.08. The summed E-state index contributed by atoms with van der Waals surface area (Å²) in [6, 6.07) is 1.48. The minimum Gasteiger partial charge on any atom is -0.478 e. The number of aromatic carboxylic acids is 1. The van der Waals surface area contributed by atoms with Gasteiger partial charge in [-0.3, -0.25) is 0 Å². The fourth-order valence-corrected chi connectivity index (χ4v) is 1.16. The minimum atomic E-state index is -1.08. The largest absolute Gasteiger partial charge is 0.478 e. The molecule has 0 aliphatic heterocycles. The van der Waals surface area contributed by atoms with Crippen LogP contribution in [-0.4, -0.2) is 21.9 Å². The molecule has 0 saturated carbocycles. The number of hydrogen-bond donors (Lipinski definition) is 2. The third-order valence-corrected chi connectivity index (χ3v) is 1.97. The molecule has 0 amide bonds. The van der Waals surface area contributed by atoms with E-state index >= 15 is 0 Å². The van der Waals surface area contributed by atoms with Gasteiger partial charge in [-0.1, -0.05) is 12.2 Å². The van der Waals surface area contributed by atoms with Gasteiger partial charge >= 0.3 is 5.97 Å². The van der Waals surface area contributed by atoms with Crippen LogP contribution in [0.5, 0.6) is 0 Å². The van der Waals surface area contributed by atoms with Crippen LogP contribution in [0.3, 0.4) is 0 Å². The number of carbonyl (C=O) groups is 1. The quantitative estimate of drug-likeness (QED) is 0.770. The van der Waals surface area contributed by atoms with Crippen LogP contribution in [0.1, 0.15) is 22.3 Å². The zero-order valence-electron chi connectivity index (χ0n) is 7.98. The molecule has 1 aromatic heterocycles. The van der Waals surface area contributed by atoms with E-state index in [2.05, 4.69) is 4.98 Å². The molecule has 1 heterocycles. The van der Waals surface area contributed by atoms with Crippen molar-refractivity contribution in [3.8, 4) is 0 Å². The van der Waals surface area contributed by atoms with E-state index < -0.39 is 5.97 Å². The molecule has 0 saturated heterocycles. The Balaban J connectivity index is 2.92. The number of carboxylic acid groups (broad SMARTS) is 1. The van der Waals surface area contributed by atoms with E-state index in [4.69, 9.17) is 22.4 Å². The lowest BCUT2D eigenvalue weighted by atomic mass is 10.1. The summed E-state index contributed by atoms with van der Waals surface area (Å²) in [5, 5.41) is 8.80. The van der Waals surface area contributed by atoms with E-state index in [1.807, 2.05) is 6.08 Å². The Morgan fingerprint density at radius 3 is 3.00 bits per heavy atom. The number of carboxylic acids is 1. The molecule has 0 aliphatic carbocycles. The maximum absolute atomic E-state index is 10.7. The SMILES string of the molecule is Nc1ncc(C=CCCCl)cc1C(=O)O. The van der Waals surface area contributed by atoms with Crippen LogP contribution in [0.25, 0.3) is 6.08 Å². The first-order chi connectivity index (χ1) is 7.15. The van der Waals surface area contributed by atoms with Crippen molar-refractivity contribution >= 4 is 29.5 Å². The first kappa shape index (κ1) is 11.5. The molecule has 3 N–H and O–H groups in total. The smallest absolute Gasteiger partial charge is 0.339 e. The summed E-state index contributed by atoms with van der Waals surface area (Å²) in [7, 11) is 0. The van der Waals surface area contributed by atoms with Crippen LogP contribution in [0.4, 0.5) is 5.82 Å².